The fourth-order valence-corrected chi connectivity index (χ4v) is 4.10. The number of carbonyl (C=O) groups is 1. The second-order valence-electron chi connectivity index (χ2n) is 6.68. The van der Waals surface area contributed by atoms with Crippen molar-refractivity contribution >= 4 is 21.6 Å². The molecule has 0 heterocycles. The van der Waals surface area contributed by atoms with Gasteiger partial charge in [0.25, 0.3) is 5.91 Å². The first kappa shape index (κ1) is 22.4. The molecule has 0 aromatic heterocycles. The molecule has 1 N–H and O–H groups in total. The second-order valence-corrected chi connectivity index (χ2v) is 8.72. The van der Waals surface area contributed by atoms with Gasteiger partial charge in [-0.1, -0.05) is 18.2 Å². The van der Waals surface area contributed by atoms with Crippen LogP contribution < -0.4 is 10.1 Å². The van der Waals surface area contributed by atoms with Gasteiger partial charge in [-0.15, -0.1) is 0 Å². The number of methoxy groups -OCH3 is 1. The van der Waals surface area contributed by atoms with E-state index in [-0.39, 0.29) is 22.7 Å². The van der Waals surface area contributed by atoms with Crippen LogP contribution in [-0.2, 0) is 16.6 Å². The van der Waals surface area contributed by atoms with Gasteiger partial charge >= 0.3 is 0 Å². The Labute approximate surface area is 179 Å². The van der Waals surface area contributed by atoms with E-state index in [1.54, 1.807) is 18.2 Å². The predicted molar refractivity (Wildman–Crippen MR) is 112 cm³/mol. The number of hydrogen-bond acceptors (Lipinski definition) is 4. The average Bonchev–Trinajstić information content (AvgIpc) is 2.76. The summed E-state index contributed by atoms with van der Waals surface area (Å²) in [4.78, 5) is 12.7. The third kappa shape index (κ3) is 5.07. The van der Waals surface area contributed by atoms with Crippen LogP contribution in [0.2, 0.25) is 0 Å². The van der Waals surface area contributed by atoms with Gasteiger partial charge in [-0.3, -0.25) is 4.79 Å². The molecule has 162 valence electrons. The van der Waals surface area contributed by atoms with Crippen LogP contribution in [0.5, 0.6) is 5.75 Å². The van der Waals surface area contributed by atoms with Crippen molar-refractivity contribution in [2.45, 2.75) is 11.4 Å². The zero-order valence-electron chi connectivity index (χ0n) is 16.8. The molecule has 3 aromatic carbocycles. The Balaban J connectivity index is 1.86. The van der Waals surface area contributed by atoms with Crippen LogP contribution in [0.15, 0.2) is 71.6 Å². The molecule has 0 saturated heterocycles. The van der Waals surface area contributed by atoms with Gasteiger partial charge in [0, 0.05) is 30.8 Å². The molecular formula is C22H20F2N2O4S. The third-order valence-corrected chi connectivity index (χ3v) is 6.38. The van der Waals surface area contributed by atoms with E-state index in [1.165, 1.54) is 44.5 Å². The molecule has 0 unspecified atom stereocenters. The monoisotopic (exact) mass is 446 g/mol. The Morgan fingerprint density at radius 3 is 2.39 bits per heavy atom. The van der Waals surface area contributed by atoms with Crippen molar-refractivity contribution in [3.63, 3.8) is 0 Å². The first-order valence-corrected chi connectivity index (χ1v) is 10.6. The summed E-state index contributed by atoms with van der Waals surface area (Å²) < 4.78 is 58.9. The summed E-state index contributed by atoms with van der Waals surface area (Å²) in [6.45, 7) is -0.0631. The van der Waals surface area contributed by atoms with Gasteiger partial charge in [0.2, 0.25) is 10.0 Å². The minimum atomic E-state index is -3.76. The summed E-state index contributed by atoms with van der Waals surface area (Å²) in [5.74, 6) is -1.91. The maximum atomic E-state index is 13.8. The number of sulfonamides is 1. The summed E-state index contributed by atoms with van der Waals surface area (Å²) in [6, 6.07) is 15.2. The first-order valence-electron chi connectivity index (χ1n) is 9.17. The molecule has 9 heteroatoms. The molecule has 6 nitrogen and oxygen atoms in total. The number of hydrogen-bond donors (Lipinski definition) is 1. The first-order chi connectivity index (χ1) is 14.7. The molecule has 3 rings (SSSR count). The second kappa shape index (κ2) is 9.23. The average molecular weight is 446 g/mol. The van der Waals surface area contributed by atoms with Gasteiger partial charge in [-0.2, -0.15) is 4.31 Å². The number of nitrogens with one attached hydrogen (secondary N) is 1. The summed E-state index contributed by atoms with van der Waals surface area (Å²) in [5, 5.41) is 2.37. The van der Waals surface area contributed by atoms with Crippen LogP contribution in [-0.4, -0.2) is 32.8 Å². The van der Waals surface area contributed by atoms with E-state index in [0.29, 0.717) is 17.4 Å². The zero-order valence-corrected chi connectivity index (χ0v) is 17.6. The lowest BCUT2D eigenvalue weighted by Gasteiger charge is -2.19. The lowest BCUT2D eigenvalue weighted by Crippen LogP contribution is -2.27. The number of carbonyl (C=O) groups excluding carboxylic acids is 1. The molecule has 0 bridgehead atoms. The van der Waals surface area contributed by atoms with Crippen LogP contribution in [0, 0.1) is 11.6 Å². The molecular weight excluding hydrogens is 426 g/mol. The highest BCUT2D eigenvalue weighted by molar-refractivity contribution is 7.89. The summed E-state index contributed by atoms with van der Waals surface area (Å²) >= 11 is 0. The van der Waals surface area contributed by atoms with E-state index in [1.807, 2.05) is 0 Å². The van der Waals surface area contributed by atoms with Gasteiger partial charge in [-0.05, 0) is 42.5 Å². The van der Waals surface area contributed by atoms with Crippen LogP contribution in [0.3, 0.4) is 0 Å². The molecule has 1 amide bonds. The Bertz CT molecular complexity index is 1200. The van der Waals surface area contributed by atoms with Crippen LogP contribution in [0.25, 0.3) is 0 Å². The van der Waals surface area contributed by atoms with E-state index < -0.39 is 27.6 Å². The molecule has 0 saturated carbocycles. The smallest absolute Gasteiger partial charge is 0.255 e. The van der Waals surface area contributed by atoms with Crippen molar-refractivity contribution in [3.8, 4) is 5.75 Å². The maximum Gasteiger partial charge on any atom is 0.255 e. The highest BCUT2D eigenvalue weighted by Crippen LogP contribution is 2.25. The molecule has 0 aliphatic carbocycles. The van der Waals surface area contributed by atoms with E-state index in [0.717, 1.165) is 16.4 Å². The third-order valence-electron chi connectivity index (χ3n) is 4.57. The topological polar surface area (TPSA) is 75.7 Å². The maximum absolute atomic E-state index is 13.8. The normalized spacial score (nSPS) is 11.4. The van der Waals surface area contributed by atoms with Crippen molar-refractivity contribution in [1.82, 2.24) is 4.31 Å². The quantitative estimate of drug-likeness (QED) is 0.594. The number of benzene rings is 3. The van der Waals surface area contributed by atoms with E-state index in [4.69, 9.17) is 4.74 Å². The van der Waals surface area contributed by atoms with Gasteiger partial charge in [-0.25, -0.2) is 17.2 Å². The molecule has 0 fully saturated rings. The van der Waals surface area contributed by atoms with Gasteiger partial charge < -0.3 is 10.1 Å². The summed E-state index contributed by atoms with van der Waals surface area (Å²) in [7, 11) is -0.914. The molecule has 31 heavy (non-hydrogen) atoms. The summed E-state index contributed by atoms with van der Waals surface area (Å²) in [6.07, 6.45) is 0. The number of nitrogens with zero attached hydrogens (tertiary/aromatic N) is 1. The van der Waals surface area contributed by atoms with Crippen molar-refractivity contribution in [3.05, 3.63) is 89.5 Å². The zero-order chi connectivity index (χ0) is 22.6. The van der Waals surface area contributed by atoms with Gasteiger partial charge in [0.1, 0.15) is 17.4 Å². The fourth-order valence-electron chi connectivity index (χ4n) is 2.93. The predicted octanol–water partition coefficient (Wildman–Crippen LogP) is 4.05. The number of ether oxygens (including phenoxy) is 1. The number of amides is 1. The highest BCUT2D eigenvalue weighted by atomic mass is 32.2. The van der Waals surface area contributed by atoms with Gasteiger partial charge in [0.15, 0.2) is 0 Å². The molecule has 0 atom stereocenters. The van der Waals surface area contributed by atoms with Crippen LogP contribution >= 0.6 is 0 Å². The molecule has 0 radical (unpaired) electrons. The van der Waals surface area contributed by atoms with Crippen molar-refractivity contribution in [2.75, 3.05) is 19.5 Å². The Morgan fingerprint density at radius 1 is 1.03 bits per heavy atom. The summed E-state index contributed by atoms with van der Waals surface area (Å²) in [5.41, 5.74) is 0.425. The van der Waals surface area contributed by atoms with Crippen molar-refractivity contribution < 1.29 is 26.7 Å². The number of rotatable bonds is 7. The number of halogens is 2. The van der Waals surface area contributed by atoms with Crippen LogP contribution in [0.1, 0.15) is 15.9 Å². The standard InChI is InChI=1S/C22H20F2N2O4S/c1-26(31(28,29)18-6-4-3-5-7-18)14-16-12-15(8-11-21(16)30-2)22(27)25-20-10-9-17(23)13-19(20)24/h3-13H,14H2,1-2H3,(H,25,27). The highest BCUT2D eigenvalue weighted by Gasteiger charge is 2.22. The molecule has 0 spiro atoms. The minimum absolute atomic E-state index is 0.0631. The fraction of sp³-hybridized carbons (Fsp3) is 0.136. The lowest BCUT2D eigenvalue weighted by atomic mass is 10.1. The Morgan fingerprint density at radius 2 is 1.74 bits per heavy atom. The van der Waals surface area contributed by atoms with E-state index in [2.05, 4.69) is 5.32 Å². The molecule has 0 aliphatic rings. The van der Waals surface area contributed by atoms with Crippen LogP contribution in [0.4, 0.5) is 14.5 Å². The minimum Gasteiger partial charge on any atom is -0.496 e. The lowest BCUT2D eigenvalue weighted by molar-refractivity contribution is 0.102. The SMILES string of the molecule is COc1ccc(C(=O)Nc2ccc(F)cc2F)cc1CN(C)S(=O)(=O)c1ccccc1. The van der Waals surface area contributed by atoms with E-state index in [9.17, 15) is 22.0 Å². The molecule has 0 aliphatic heterocycles. The van der Waals surface area contributed by atoms with Crippen molar-refractivity contribution in [2.24, 2.45) is 0 Å². The number of anilines is 1. The molecule has 3 aromatic rings. The Kier molecular flexibility index (Phi) is 6.67. The van der Waals surface area contributed by atoms with Crippen molar-refractivity contribution in [1.29, 1.82) is 0 Å². The van der Waals surface area contributed by atoms with Gasteiger partial charge in [0.05, 0.1) is 17.7 Å². The van der Waals surface area contributed by atoms with E-state index >= 15 is 0 Å². The largest absolute Gasteiger partial charge is 0.496 e. The Hall–Kier alpha value is -3.30.